The normalized spacial score (nSPS) is 11.6. The van der Waals surface area contributed by atoms with E-state index in [1.54, 1.807) is 18.2 Å². The summed E-state index contributed by atoms with van der Waals surface area (Å²) in [6.07, 6.45) is 1.39. The van der Waals surface area contributed by atoms with Crippen molar-refractivity contribution in [1.29, 1.82) is 0 Å². The number of hydrogen-bond donors (Lipinski definition) is 2. The molecular weight excluding hydrogens is 420 g/mol. The summed E-state index contributed by atoms with van der Waals surface area (Å²) in [5.74, 6) is -0.396. The number of nitrogens with zero attached hydrogens (tertiary/aromatic N) is 2. The number of thiazole rings is 1. The van der Waals surface area contributed by atoms with Gasteiger partial charge in [0.25, 0.3) is 0 Å². The van der Waals surface area contributed by atoms with Crippen molar-refractivity contribution in [2.24, 2.45) is 5.73 Å². The van der Waals surface area contributed by atoms with Crippen molar-refractivity contribution >= 4 is 43.1 Å². The van der Waals surface area contributed by atoms with Crippen LogP contribution in [0.15, 0.2) is 64.5 Å². The van der Waals surface area contributed by atoms with E-state index >= 15 is 0 Å². The van der Waals surface area contributed by atoms with E-state index < -0.39 is 15.7 Å². The fraction of sp³-hybridized carbons (Fsp3) is 0.0952. The van der Waals surface area contributed by atoms with E-state index in [-0.39, 0.29) is 22.0 Å². The average Bonchev–Trinajstić information content (AvgIpc) is 3.10. The summed E-state index contributed by atoms with van der Waals surface area (Å²) < 4.78 is 27.6. The van der Waals surface area contributed by atoms with Crippen LogP contribution in [0.25, 0.3) is 21.3 Å². The van der Waals surface area contributed by atoms with E-state index in [1.807, 2.05) is 19.1 Å². The Morgan fingerprint density at radius 3 is 2.50 bits per heavy atom. The van der Waals surface area contributed by atoms with Gasteiger partial charge in [-0.25, -0.2) is 18.4 Å². The molecule has 0 aliphatic rings. The maximum atomic E-state index is 13.4. The number of anilines is 1. The molecule has 0 aliphatic carbocycles. The number of carbonyl (C=O) groups excluding carboxylic acids is 1. The van der Waals surface area contributed by atoms with E-state index in [0.717, 1.165) is 10.3 Å². The van der Waals surface area contributed by atoms with Crippen molar-refractivity contribution in [3.8, 4) is 11.1 Å². The second-order valence-electron chi connectivity index (χ2n) is 6.74. The summed E-state index contributed by atoms with van der Waals surface area (Å²) in [6, 6.07) is 13.4. The molecule has 2 aromatic heterocycles. The van der Waals surface area contributed by atoms with Gasteiger partial charge in [0.05, 0.1) is 26.4 Å². The Kier molecular flexibility index (Phi) is 5.00. The maximum absolute atomic E-state index is 13.4. The predicted molar refractivity (Wildman–Crippen MR) is 117 cm³/mol. The highest BCUT2D eigenvalue weighted by Crippen LogP contribution is 2.41. The summed E-state index contributed by atoms with van der Waals surface area (Å²) >= 11 is 1.34. The number of nitrogens with two attached hydrogens (primary N) is 2. The number of sulfone groups is 1. The van der Waals surface area contributed by atoms with Crippen molar-refractivity contribution in [3.63, 3.8) is 0 Å². The molecule has 30 heavy (non-hydrogen) atoms. The first-order valence-corrected chi connectivity index (χ1v) is 11.3. The molecule has 0 bridgehead atoms. The third-order valence-electron chi connectivity index (χ3n) is 4.67. The molecule has 0 atom stereocenters. The maximum Gasteiger partial charge on any atom is 0.224 e. The van der Waals surface area contributed by atoms with E-state index in [9.17, 15) is 13.2 Å². The molecule has 4 rings (SSSR count). The third-order valence-corrected chi connectivity index (χ3v) is 7.51. The molecule has 0 saturated heterocycles. The van der Waals surface area contributed by atoms with E-state index in [4.69, 9.17) is 11.5 Å². The van der Waals surface area contributed by atoms with Crippen molar-refractivity contribution in [3.05, 3.63) is 65.3 Å². The number of benzene rings is 2. The van der Waals surface area contributed by atoms with Gasteiger partial charge >= 0.3 is 0 Å². The Morgan fingerprint density at radius 2 is 1.80 bits per heavy atom. The number of hydrogen-bond acceptors (Lipinski definition) is 7. The number of fused-ring (bicyclic) bond motifs is 1. The average molecular weight is 439 g/mol. The second-order valence-corrected chi connectivity index (χ2v) is 9.77. The van der Waals surface area contributed by atoms with Crippen LogP contribution in [0.5, 0.6) is 0 Å². The molecule has 0 unspecified atom stereocenters. The van der Waals surface area contributed by atoms with Crippen LogP contribution in [-0.2, 0) is 21.1 Å². The van der Waals surface area contributed by atoms with Crippen LogP contribution in [0, 0.1) is 6.92 Å². The van der Waals surface area contributed by atoms with Gasteiger partial charge in [-0.05, 0) is 36.8 Å². The van der Waals surface area contributed by atoms with Gasteiger partial charge in [0.1, 0.15) is 10.8 Å². The van der Waals surface area contributed by atoms with Crippen molar-refractivity contribution in [2.75, 3.05) is 5.73 Å². The lowest BCUT2D eigenvalue weighted by molar-refractivity contribution is -0.117. The van der Waals surface area contributed by atoms with E-state index in [1.165, 1.54) is 35.7 Å². The number of primary amides is 1. The number of carbonyl (C=O) groups is 1. The molecule has 152 valence electrons. The Balaban J connectivity index is 2.03. The molecule has 2 heterocycles. The lowest BCUT2D eigenvalue weighted by Gasteiger charge is -2.15. The van der Waals surface area contributed by atoms with Gasteiger partial charge in [-0.15, -0.1) is 11.3 Å². The molecule has 4 N–H and O–H groups in total. The zero-order valence-electron chi connectivity index (χ0n) is 16.0. The SMILES string of the molecule is Cc1ccc2sc(CC(N)=O)nc2c1-c1c(S(=O)(=O)c2ccccc2)ccnc1N. The fourth-order valence-electron chi connectivity index (χ4n) is 3.34. The number of aromatic nitrogens is 2. The number of pyridine rings is 1. The van der Waals surface area contributed by atoms with Gasteiger partial charge in [-0.2, -0.15) is 0 Å². The lowest BCUT2D eigenvalue weighted by Crippen LogP contribution is -2.13. The molecule has 1 amide bonds. The van der Waals surface area contributed by atoms with Gasteiger partial charge in [-0.3, -0.25) is 4.79 Å². The van der Waals surface area contributed by atoms with Gasteiger partial charge in [0, 0.05) is 17.3 Å². The highest BCUT2D eigenvalue weighted by atomic mass is 32.2. The molecule has 0 fully saturated rings. The minimum absolute atomic E-state index is 0.00945. The van der Waals surface area contributed by atoms with Gasteiger partial charge in [0.15, 0.2) is 0 Å². The second kappa shape index (κ2) is 7.51. The summed E-state index contributed by atoms with van der Waals surface area (Å²) in [6.45, 7) is 1.85. The molecule has 4 aromatic rings. The third kappa shape index (κ3) is 3.42. The Hall–Kier alpha value is -3.30. The number of nitrogen functional groups attached to an aromatic ring is 1. The predicted octanol–water partition coefficient (Wildman–Crippen LogP) is 3.11. The van der Waals surface area contributed by atoms with Crippen LogP contribution in [0.2, 0.25) is 0 Å². The van der Waals surface area contributed by atoms with Crippen molar-refractivity contribution < 1.29 is 13.2 Å². The summed E-state index contributed by atoms with van der Waals surface area (Å²) in [5.41, 5.74) is 13.8. The Morgan fingerprint density at radius 1 is 1.07 bits per heavy atom. The fourth-order valence-corrected chi connectivity index (χ4v) is 5.81. The molecule has 9 heteroatoms. The van der Waals surface area contributed by atoms with Gasteiger partial charge < -0.3 is 11.5 Å². The van der Waals surface area contributed by atoms with Crippen LogP contribution in [0.4, 0.5) is 5.82 Å². The molecule has 0 spiro atoms. The summed E-state index contributed by atoms with van der Waals surface area (Å²) in [4.78, 5) is 20.3. The standard InChI is InChI=1S/C21H18N4O3S2/c1-12-7-8-14-20(25-17(29-14)11-16(22)26)18(12)19-15(9-10-24-21(19)23)30(27,28)13-5-3-2-4-6-13/h2-10H,11H2,1H3,(H2,22,26)(H2,23,24). The summed E-state index contributed by atoms with van der Waals surface area (Å²) in [7, 11) is -3.86. The number of amides is 1. The monoisotopic (exact) mass is 438 g/mol. The zero-order chi connectivity index (χ0) is 21.5. The van der Waals surface area contributed by atoms with E-state index in [2.05, 4.69) is 9.97 Å². The molecule has 7 nitrogen and oxygen atoms in total. The highest BCUT2D eigenvalue weighted by Gasteiger charge is 2.27. The minimum atomic E-state index is -3.86. The first-order chi connectivity index (χ1) is 14.3. The van der Waals surface area contributed by atoms with Gasteiger partial charge in [-0.1, -0.05) is 24.3 Å². The first kappa shape index (κ1) is 20.0. The van der Waals surface area contributed by atoms with Crippen molar-refractivity contribution in [1.82, 2.24) is 9.97 Å². The topological polar surface area (TPSA) is 129 Å². The molecule has 0 saturated carbocycles. The molecular formula is C21H18N4O3S2. The number of aryl methyl sites for hydroxylation is 1. The first-order valence-electron chi connectivity index (χ1n) is 9.01. The van der Waals surface area contributed by atoms with Crippen LogP contribution in [-0.4, -0.2) is 24.3 Å². The van der Waals surface area contributed by atoms with Crippen molar-refractivity contribution in [2.45, 2.75) is 23.1 Å². The van der Waals surface area contributed by atoms with Gasteiger partial charge in [0.2, 0.25) is 15.7 Å². The minimum Gasteiger partial charge on any atom is -0.383 e. The molecule has 0 aliphatic heterocycles. The number of rotatable bonds is 5. The van der Waals surface area contributed by atoms with Crippen LogP contribution < -0.4 is 11.5 Å². The van der Waals surface area contributed by atoms with Crippen LogP contribution in [0.3, 0.4) is 0 Å². The zero-order valence-corrected chi connectivity index (χ0v) is 17.6. The van der Waals surface area contributed by atoms with Crippen LogP contribution in [0.1, 0.15) is 10.6 Å². The molecule has 0 radical (unpaired) electrons. The Labute approximate surface area is 177 Å². The lowest BCUT2D eigenvalue weighted by atomic mass is 10.00. The Bertz CT molecular complexity index is 1380. The van der Waals surface area contributed by atoms with E-state index in [0.29, 0.717) is 21.7 Å². The highest BCUT2D eigenvalue weighted by molar-refractivity contribution is 7.91. The largest absolute Gasteiger partial charge is 0.383 e. The quantitative estimate of drug-likeness (QED) is 0.492. The van der Waals surface area contributed by atoms with Crippen LogP contribution >= 0.6 is 11.3 Å². The smallest absolute Gasteiger partial charge is 0.224 e. The summed E-state index contributed by atoms with van der Waals surface area (Å²) in [5, 5.41) is 0.555. The molecule has 2 aromatic carbocycles.